The molecule has 1 saturated heterocycles. The number of anilines is 1. The first-order valence-electron chi connectivity index (χ1n) is 5.24. The van der Waals surface area contributed by atoms with Gasteiger partial charge >= 0.3 is 0 Å². The molecule has 0 amide bonds. The Morgan fingerprint density at radius 3 is 2.56 bits per heavy atom. The number of ketones is 1. The molecule has 16 heavy (non-hydrogen) atoms. The molecule has 2 rings (SSSR count). The molecule has 0 aromatic carbocycles. The summed E-state index contributed by atoms with van der Waals surface area (Å²) < 4.78 is 11.2. The van der Waals surface area contributed by atoms with Crippen LogP contribution in [0.25, 0.3) is 0 Å². The first-order chi connectivity index (χ1) is 7.66. The SMILES string of the molecule is CC(=O)c1ccc(N2CCS(=O)CC2)cn1. The van der Waals surface area contributed by atoms with E-state index in [1.807, 2.05) is 6.07 Å². The van der Waals surface area contributed by atoms with Crippen LogP contribution in [0.3, 0.4) is 0 Å². The van der Waals surface area contributed by atoms with Gasteiger partial charge in [0.25, 0.3) is 0 Å². The zero-order valence-electron chi connectivity index (χ0n) is 9.18. The van der Waals surface area contributed by atoms with Gasteiger partial charge in [-0.15, -0.1) is 0 Å². The summed E-state index contributed by atoms with van der Waals surface area (Å²) in [5, 5.41) is 0. The van der Waals surface area contributed by atoms with Crippen LogP contribution in [-0.2, 0) is 10.8 Å². The van der Waals surface area contributed by atoms with Crippen molar-refractivity contribution in [1.82, 2.24) is 4.98 Å². The minimum atomic E-state index is -0.663. The number of pyridine rings is 1. The molecule has 0 aliphatic carbocycles. The van der Waals surface area contributed by atoms with E-state index in [0.29, 0.717) is 17.2 Å². The molecular formula is C11H14N2O2S. The molecule has 2 heterocycles. The van der Waals surface area contributed by atoms with Gasteiger partial charge < -0.3 is 4.90 Å². The molecule has 1 aliphatic rings. The molecule has 0 bridgehead atoms. The smallest absolute Gasteiger partial charge is 0.178 e. The quantitative estimate of drug-likeness (QED) is 0.717. The summed E-state index contributed by atoms with van der Waals surface area (Å²) in [6.07, 6.45) is 1.71. The van der Waals surface area contributed by atoms with Crippen molar-refractivity contribution in [2.24, 2.45) is 0 Å². The predicted molar refractivity (Wildman–Crippen MR) is 64.3 cm³/mol. The fourth-order valence-corrected chi connectivity index (χ4v) is 2.73. The van der Waals surface area contributed by atoms with Crippen molar-refractivity contribution in [1.29, 1.82) is 0 Å². The van der Waals surface area contributed by atoms with Gasteiger partial charge in [0.2, 0.25) is 0 Å². The fraction of sp³-hybridized carbons (Fsp3) is 0.455. The highest BCUT2D eigenvalue weighted by Gasteiger charge is 2.15. The molecule has 0 saturated carbocycles. The van der Waals surface area contributed by atoms with Crippen molar-refractivity contribution in [2.45, 2.75) is 6.92 Å². The average Bonchev–Trinajstić information content (AvgIpc) is 2.30. The van der Waals surface area contributed by atoms with Crippen molar-refractivity contribution < 1.29 is 9.00 Å². The third-order valence-electron chi connectivity index (χ3n) is 2.65. The Bertz CT molecular complexity index is 406. The molecule has 0 radical (unpaired) electrons. The Morgan fingerprint density at radius 2 is 2.06 bits per heavy atom. The molecule has 1 aromatic rings. The van der Waals surface area contributed by atoms with Crippen LogP contribution in [0.15, 0.2) is 18.3 Å². The lowest BCUT2D eigenvalue weighted by Gasteiger charge is -2.28. The van der Waals surface area contributed by atoms with E-state index < -0.39 is 10.8 Å². The normalized spacial score (nSPS) is 17.4. The molecule has 0 spiro atoms. The molecule has 86 valence electrons. The Balaban J connectivity index is 2.10. The van der Waals surface area contributed by atoms with Crippen LogP contribution in [0, 0.1) is 0 Å². The van der Waals surface area contributed by atoms with Gasteiger partial charge in [0, 0.05) is 42.3 Å². The highest BCUT2D eigenvalue weighted by atomic mass is 32.2. The molecule has 0 unspecified atom stereocenters. The number of hydrogen-bond donors (Lipinski definition) is 0. The fourth-order valence-electron chi connectivity index (χ4n) is 1.68. The maximum Gasteiger partial charge on any atom is 0.178 e. The number of aromatic nitrogens is 1. The molecule has 1 fully saturated rings. The van der Waals surface area contributed by atoms with Crippen LogP contribution < -0.4 is 4.90 Å². The average molecular weight is 238 g/mol. The van der Waals surface area contributed by atoms with Gasteiger partial charge in [-0.3, -0.25) is 14.0 Å². The van der Waals surface area contributed by atoms with Crippen LogP contribution in [0.1, 0.15) is 17.4 Å². The van der Waals surface area contributed by atoms with Gasteiger partial charge in [-0.25, -0.2) is 0 Å². The number of rotatable bonds is 2. The van der Waals surface area contributed by atoms with E-state index in [1.54, 1.807) is 12.3 Å². The lowest BCUT2D eigenvalue weighted by molar-refractivity contribution is 0.101. The van der Waals surface area contributed by atoms with E-state index in [-0.39, 0.29) is 5.78 Å². The van der Waals surface area contributed by atoms with Crippen LogP contribution in [-0.4, -0.2) is 39.6 Å². The van der Waals surface area contributed by atoms with Crippen molar-refractivity contribution in [3.63, 3.8) is 0 Å². The van der Waals surface area contributed by atoms with E-state index in [1.165, 1.54) is 6.92 Å². The minimum absolute atomic E-state index is 0.0219. The summed E-state index contributed by atoms with van der Waals surface area (Å²) >= 11 is 0. The molecule has 1 aliphatic heterocycles. The first kappa shape index (κ1) is 11.3. The number of carbonyl (C=O) groups excluding carboxylic acids is 1. The van der Waals surface area contributed by atoms with Crippen LogP contribution in [0.2, 0.25) is 0 Å². The number of Topliss-reactive ketones (excluding diaryl/α,β-unsaturated/α-hetero) is 1. The zero-order valence-corrected chi connectivity index (χ0v) is 10.00. The number of nitrogens with zero attached hydrogens (tertiary/aromatic N) is 2. The Hall–Kier alpha value is -1.23. The maximum atomic E-state index is 11.2. The van der Waals surface area contributed by atoms with Gasteiger partial charge in [0.05, 0.1) is 11.9 Å². The van der Waals surface area contributed by atoms with Gasteiger partial charge in [-0.1, -0.05) is 0 Å². The summed E-state index contributed by atoms with van der Waals surface area (Å²) in [5.74, 6) is 1.41. The highest BCUT2D eigenvalue weighted by molar-refractivity contribution is 7.85. The van der Waals surface area contributed by atoms with Crippen molar-refractivity contribution in [3.8, 4) is 0 Å². The second-order valence-corrected chi connectivity index (χ2v) is 5.49. The lowest BCUT2D eigenvalue weighted by atomic mass is 10.2. The van der Waals surface area contributed by atoms with Crippen LogP contribution in [0.5, 0.6) is 0 Å². The molecule has 1 aromatic heterocycles. The minimum Gasteiger partial charge on any atom is -0.368 e. The maximum absolute atomic E-state index is 11.2. The van der Waals surface area contributed by atoms with Crippen molar-refractivity contribution in [2.75, 3.05) is 29.5 Å². The van der Waals surface area contributed by atoms with Crippen LogP contribution >= 0.6 is 0 Å². The van der Waals surface area contributed by atoms with E-state index in [2.05, 4.69) is 9.88 Å². The number of hydrogen-bond acceptors (Lipinski definition) is 4. The number of carbonyl (C=O) groups is 1. The highest BCUT2D eigenvalue weighted by Crippen LogP contribution is 2.15. The molecule has 5 heteroatoms. The largest absolute Gasteiger partial charge is 0.368 e. The van der Waals surface area contributed by atoms with E-state index in [9.17, 15) is 9.00 Å². The summed E-state index contributed by atoms with van der Waals surface area (Å²) in [5.41, 5.74) is 1.49. The van der Waals surface area contributed by atoms with Gasteiger partial charge in [0.1, 0.15) is 5.69 Å². The van der Waals surface area contributed by atoms with Crippen LogP contribution in [0.4, 0.5) is 5.69 Å². The molecule has 0 atom stereocenters. The second kappa shape index (κ2) is 4.74. The summed E-state index contributed by atoms with van der Waals surface area (Å²) in [6.45, 7) is 3.10. The molecular weight excluding hydrogens is 224 g/mol. The summed E-state index contributed by atoms with van der Waals surface area (Å²) in [4.78, 5) is 17.3. The van der Waals surface area contributed by atoms with E-state index in [0.717, 1.165) is 18.8 Å². The topological polar surface area (TPSA) is 50.3 Å². The standard InChI is InChI=1S/C11H14N2O2S/c1-9(14)11-3-2-10(8-12-11)13-4-6-16(15)7-5-13/h2-3,8H,4-7H2,1H3. The first-order valence-corrected chi connectivity index (χ1v) is 6.72. The Morgan fingerprint density at radius 1 is 1.38 bits per heavy atom. The third kappa shape index (κ3) is 2.47. The Labute approximate surface area is 97.1 Å². The second-order valence-electron chi connectivity index (χ2n) is 3.79. The predicted octanol–water partition coefficient (Wildman–Crippen LogP) is 0.853. The van der Waals surface area contributed by atoms with Gasteiger partial charge in [-0.05, 0) is 12.1 Å². The molecule has 4 nitrogen and oxygen atoms in total. The monoisotopic (exact) mass is 238 g/mol. The summed E-state index contributed by atoms with van der Waals surface area (Å²) in [7, 11) is -0.663. The zero-order chi connectivity index (χ0) is 11.5. The summed E-state index contributed by atoms with van der Waals surface area (Å²) in [6, 6.07) is 3.64. The Kier molecular flexibility index (Phi) is 3.33. The van der Waals surface area contributed by atoms with Crippen molar-refractivity contribution in [3.05, 3.63) is 24.0 Å². The van der Waals surface area contributed by atoms with Crippen molar-refractivity contribution >= 4 is 22.3 Å². The van der Waals surface area contributed by atoms with E-state index >= 15 is 0 Å². The van der Waals surface area contributed by atoms with Gasteiger partial charge in [0.15, 0.2) is 5.78 Å². The third-order valence-corrected chi connectivity index (χ3v) is 3.93. The lowest BCUT2D eigenvalue weighted by Crippen LogP contribution is -2.37. The van der Waals surface area contributed by atoms with Gasteiger partial charge in [-0.2, -0.15) is 0 Å². The van der Waals surface area contributed by atoms with E-state index in [4.69, 9.17) is 0 Å². The molecule has 0 N–H and O–H groups in total.